The smallest absolute Gasteiger partial charge is 0.313 e. The van der Waals surface area contributed by atoms with Crippen LogP contribution >= 0.6 is 0 Å². The molecule has 1 fully saturated rings. The zero-order valence-electron chi connectivity index (χ0n) is 10.5. The van der Waals surface area contributed by atoms with Crippen molar-refractivity contribution in [1.29, 1.82) is 0 Å². The Morgan fingerprint density at radius 2 is 2.18 bits per heavy atom. The third-order valence-corrected chi connectivity index (χ3v) is 2.78. The van der Waals surface area contributed by atoms with Gasteiger partial charge in [-0.15, -0.1) is 0 Å². The largest absolute Gasteiger partial charge is 0.393 e. The van der Waals surface area contributed by atoms with Gasteiger partial charge in [0, 0.05) is 13.3 Å². The molecule has 0 aromatic heterocycles. The van der Waals surface area contributed by atoms with Gasteiger partial charge in [0.25, 0.3) is 0 Å². The molecule has 1 heterocycles. The number of hydrogen-bond acceptors (Lipinski definition) is 4. The molecule has 0 amide bonds. The minimum atomic E-state index is -0.560. The van der Waals surface area contributed by atoms with Crippen LogP contribution in [0.15, 0.2) is 12.2 Å². The van der Waals surface area contributed by atoms with Crippen LogP contribution in [0.2, 0.25) is 0 Å². The minimum absolute atomic E-state index is 0.0403. The number of carbonyl (C=O) groups is 2. The normalized spacial score (nSPS) is 23.8. The predicted octanol–water partition coefficient (Wildman–Crippen LogP) is 2.37. The van der Waals surface area contributed by atoms with Crippen LogP contribution in [-0.2, 0) is 19.1 Å². The van der Waals surface area contributed by atoms with Crippen molar-refractivity contribution in [2.45, 2.75) is 58.2 Å². The fraction of sp³-hybridized carbons (Fsp3) is 0.692. The molecule has 0 spiro atoms. The topological polar surface area (TPSA) is 52.6 Å². The van der Waals surface area contributed by atoms with Crippen molar-refractivity contribution >= 4 is 11.9 Å². The molecule has 1 saturated heterocycles. The molecule has 2 atom stereocenters. The molecule has 0 aromatic carbocycles. The number of ether oxygens (including phenoxy) is 2. The van der Waals surface area contributed by atoms with Gasteiger partial charge in [0.15, 0.2) is 0 Å². The molecule has 1 aliphatic rings. The van der Waals surface area contributed by atoms with Crippen molar-refractivity contribution in [3.05, 3.63) is 12.2 Å². The van der Waals surface area contributed by atoms with Crippen LogP contribution in [0.3, 0.4) is 0 Å². The second-order valence-electron chi connectivity index (χ2n) is 4.40. The van der Waals surface area contributed by atoms with Crippen molar-refractivity contribution in [2.24, 2.45) is 0 Å². The van der Waals surface area contributed by atoms with E-state index in [9.17, 15) is 9.59 Å². The van der Waals surface area contributed by atoms with Gasteiger partial charge in [-0.05, 0) is 24.8 Å². The Labute approximate surface area is 102 Å². The lowest BCUT2D eigenvalue weighted by molar-refractivity contribution is -0.158. The van der Waals surface area contributed by atoms with Crippen LogP contribution < -0.4 is 0 Å². The maximum atomic E-state index is 11.2. The molecule has 0 aliphatic carbocycles. The first kappa shape index (κ1) is 13.9. The monoisotopic (exact) mass is 240 g/mol. The summed E-state index contributed by atoms with van der Waals surface area (Å²) in [5.74, 6) is -1.04. The average Bonchev–Trinajstić information content (AvgIpc) is 2.57. The maximum Gasteiger partial charge on any atom is 0.313 e. The van der Waals surface area contributed by atoms with Gasteiger partial charge in [-0.25, -0.2) is 0 Å². The van der Waals surface area contributed by atoms with E-state index in [-0.39, 0.29) is 18.6 Å². The lowest BCUT2D eigenvalue weighted by Gasteiger charge is -2.12. The standard InChI is InChI=1S/C13H20O4/c1-4-5-12-9(2)8-11(17-12)6-7-13(15)16-10(3)14/h11-12H,2,4-8H2,1,3H3. The number of carbonyl (C=O) groups excluding carboxylic acids is 2. The SMILES string of the molecule is C=C1CC(CCC(=O)OC(C)=O)OC1CCC. The summed E-state index contributed by atoms with van der Waals surface area (Å²) in [5.41, 5.74) is 1.11. The van der Waals surface area contributed by atoms with Crippen molar-refractivity contribution in [1.82, 2.24) is 0 Å². The van der Waals surface area contributed by atoms with Crippen molar-refractivity contribution < 1.29 is 19.1 Å². The van der Waals surface area contributed by atoms with Gasteiger partial charge in [-0.2, -0.15) is 0 Å². The average molecular weight is 240 g/mol. The van der Waals surface area contributed by atoms with E-state index in [1.807, 2.05) is 0 Å². The quantitative estimate of drug-likeness (QED) is 0.420. The second-order valence-corrected chi connectivity index (χ2v) is 4.40. The fourth-order valence-corrected chi connectivity index (χ4v) is 2.00. The summed E-state index contributed by atoms with van der Waals surface area (Å²) in [6.45, 7) is 7.32. The van der Waals surface area contributed by atoms with Gasteiger partial charge in [0.1, 0.15) is 0 Å². The number of rotatable bonds is 5. The van der Waals surface area contributed by atoms with E-state index in [2.05, 4.69) is 18.2 Å². The first-order valence-corrected chi connectivity index (χ1v) is 6.07. The van der Waals surface area contributed by atoms with E-state index in [0.29, 0.717) is 6.42 Å². The number of hydrogen-bond donors (Lipinski definition) is 0. The van der Waals surface area contributed by atoms with E-state index in [1.54, 1.807) is 0 Å². The van der Waals surface area contributed by atoms with Gasteiger partial charge >= 0.3 is 11.9 Å². The van der Waals surface area contributed by atoms with Crippen molar-refractivity contribution in [3.63, 3.8) is 0 Å². The molecule has 0 radical (unpaired) electrons. The van der Waals surface area contributed by atoms with Crippen LogP contribution in [0.5, 0.6) is 0 Å². The zero-order valence-corrected chi connectivity index (χ0v) is 10.5. The lowest BCUT2D eigenvalue weighted by atomic mass is 10.0. The van der Waals surface area contributed by atoms with Crippen LogP contribution in [0.4, 0.5) is 0 Å². The van der Waals surface area contributed by atoms with E-state index in [0.717, 1.165) is 24.8 Å². The van der Waals surface area contributed by atoms with E-state index in [1.165, 1.54) is 6.92 Å². The third kappa shape index (κ3) is 4.69. The molecule has 1 rings (SSSR count). The molecule has 1 aliphatic heterocycles. The molecule has 0 aromatic rings. The summed E-state index contributed by atoms with van der Waals surface area (Å²) in [5, 5.41) is 0. The summed E-state index contributed by atoms with van der Waals surface area (Å²) in [4.78, 5) is 21.7. The van der Waals surface area contributed by atoms with Gasteiger partial charge in [0.2, 0.25) is 0 Å². The van der Waals surface area contributed by atoms with Gasteiger partial charge in [-0.1, -0.05) is 19.9 Å². The Bertz CT molecular complexity index is 309. The van der Waals surface area contributed by atoms with Gasteiger partial charge in [-0.3, -0.25) is 9.59 Å². The summed E-state index contributed by atoms with van der Waals surface area (Å²) >= 11 is 0. The summed E-state index contributed by atoms with van der Waals surface area (Å²) < 4.78 is 10.2. The molecule has 4 nitrogen and oxygen atoms in total. The Morgan fingerprint density at radius 1 is 1.47 bits per heavy atom. The first-order valence-electron chi connectivity index (χ1n) is 6.07. The minimum Gasteiger partial charge on any atom is -0.393 e. The fourth-order valence-electron chi connectivity index (χ4n) is 2.00. The van der Waals surface area contributed by atoms with Gasteiger partial charge < -0.3 is 9.47 Å². The van der Waals surface area contributed by atoms with Crippen molar-refractivity contribution in [2.75, 3.05) is 0 Å². The highest BCUT2D eigenvalue weighted by Crippen LogP contribution is 2.29. The maximum absolute atomic E-state index is 11.2. The van der Waals surface area contributed by atoms with Crippen LogP contribution in [-0.4, -0.2) is 24.1 Å². The molecule has 0 saturated carbocycles. The Kier molecular flexibility index (Phi) is 5.35. The number of esters is 2. The zero-order chi connectivity index (χ0) is 12.8. The Morgan fingerprint density at radius 3 is 2.76 bits per heavy atom. The predicted molar refractivity (Wildman–Crippen MR) is 63.3 cm³/mol. The van der Waals surface area contributed by atoms with Crippen LogP contribution in [0.25, 0.3) is 0 Å². The van der Waals surface area contributed by atoms with E-state index in [4.69, 9.17) is 4.74 Å². The third-order valence-electron chi connectivity index (χ3n) is 2.78. The van der Waals surface area contributed by atoms with Gasteiger partial charge in [0.05, 0.1) is 12.2 Å². The highest BCUT2D eigenvalue weighted by molar-refractivity contribution is 5.83. The van der Waals surface area contributed by atoms with Crippen LogP contribution in [0.1, 0.15) is 46.0 Å². The molecule has 4 heteroatoms. The molecule has 2 unspecified atom stereocenters. The highest BCUT2D eigenvalue weighted by atomic mass is 16.6. The Balaban J connectivity index is 2.28. The molecular weight excluding hydrogens is 220 g/mol. The molecule has 17 heavy (non-hydrogen) atoms. The molecule has 0 N–H and O–H groups in total. The second kappa shape index (κ2) is 6.55. The van der Waals surface area contributed by atoms with E-state index >= 15 is 0 Å². The highest BCUT2D eigenvalue weighted by Gasteiger charge is 2.28. The van der Waals surface area contributed by atoms with E-state index < -0.39 is 11.9 Å². The van der Waals surface area contributed by atoms with Crippen LogP contribution in [0, 0.1) is 0 Å². The van der Waals surface area contributed by atoms with Crippen molar-refractivity contribution in [3.8, 4) is 0 Å². The summed E-state index contributed by atoms with van der Waals surface area (Å²) in [6.07, 6.45) is 3.82. The lowest BCUT2D eigenvalue weighted by Crippen LogP contribution is -2.15. The first-order chi connectivity index (χ1) is 8.02. The molecular formula is C13H20O4. The Hall–Kier alpha value is -1.16. The molecule has 0 bridgehead atoms. The summed E-state index contributed by atoms with van der Waals surface area (Å²) in [6, 6.07) is 0. The molecule has 96 valence electrons. The summed E-state index contributed by atoms with van der Waals surface area (Å²) in [7, 11) is 0.